The number of anilines is 2. The van der Waals surface area contributed by atoms with Crippen molar-refractivity contribution in [2.75, 3.05) is 17.7 Å². The molecule has 2 rings (SSSR count). The first-order valence-corrected chi connectivity index (χ1v) is 9.37. The summed E-state index contributed by atoms with van der Waals surface area (Å²) in [6, 6.07) is 3.53. The minimum Gasteiger partial charge on any atom is -0.465 e. The fourth-order valence-corrected chi connectivity index (χ4v) is 2.86. The summed E-state index contributed by atoms with van der Waals surface area (Å²) < 4.78 is 23.8. The van der Waals surface area contributed by atoms with Crippen molar-refractivity contribution in [3.63, 3.8) is 0 Å². The number of benzene rings is 1. The van der Waals surface area contributed by atoms with Gasteiger partial charge in [0.05, 0.1) is 24.0 Å². The highest BCUT2D eigenvalue weighted by molar-refractivity contribution is 6.08. The second-order valence-electron chi connectivity index (χ2n) is 7.59. The molecule has 162 valence electrons. The minimum atomic E-state index is -0.748. The summed E-state index contributed by atoms with van der Waals surface area (Å²) in [4.78, 5) is 39.9. The van der Waals surface area contributed by atoms with E-state index in [1.165, 1.54) is 13.2 Å². The molecule has 1 aromatic heterocycles. The topological polar surface area (TPSA) is 110 Å². The number of nitrogens with one attached hydrogen (secondary N) is 3. The molecule has 8 nitrogen and oxygen atoms in total. The predicted molar refractivity (Wildman–Crippen MR) is 110 cm³/mol. The van der Waals surface area contributed by atoms with Crippen LogP contribution in [-0.4, -0.2) is 35.7 Å². The van der Waals surface area contributed by atoms with Gasteiger partial charge in [0, 0.05) is 5.69 Å². The number of amides is 2. The van der Waals surface area contributed by atoms with Gasteiger partial charge in [-0.05, 0) is 57.9 Å². The number of aromatic amines is 1. The number of H-pyrrole nitrogens is 1. The van der Waals surface area contributed by atoms with E-state index in [-0.39, 0.29) is 22.6 Å². The Morgan fingerprint density at radius 1 is 1.13 bits per heavy atom. The average molecular weight is 419 g/mol. The van der Waals surface area contributed by atoms with Gasteiger partial charge in [-0.1, -0.05) is 6.92 Å². The summed E-state index contributed by atoms with van der Waals surface area (Å²) in [5, 5.41) is 5.06. The van der Waals surface area contributed by atoms with Gasteiger partial charge in [0.1, 0.15) is 17.1 Å². The van der Waals surface area contributed by atoms with Crippen molar-refractivity contribution in [3.8, 4) is 0 Å². The third-order valence-electron chi connectivity index (χ3n) is 4.16. The van der Waals surface area contributed by atoms with Gasteiger partial charge in [0.25, 0.3) is 5.91 Å². The van der Waals surface area contributed by atoms with Crippen molar-refractivity contribution >= 4 is 29.3 Å². The fraction of sp³-hybridized carbons (Fsp3) is 0.381. The van der Waals surface area contributed by atoms with E-state index in [1.807, 2.05) is 6.92 Å². The molecule has 0 aliphatic rings. The second kappa shape index (κ2) is 8.98. The lowest BCUT2D eigenvalue weighted by molar-refractivity contribution is 0.0596. The van der Waals surface area contributed by atoms with Crippen LogP contribution in [0.2, 0.25) is 0 Å². The van der Waals surface area contributed by atoms with Gasteiger partial charge in [0.15, 0.2) is 0 Å². The van der Waals surface area contributed by atoms with Crippen molar-refractivity contribution in [3.05, 3.63) is 46.5 Å². The number of aromatic nitrogens is 1. The van der Waals surface area contributed by atoms with Crippen LogP contribution < -0.4 is 10.6 Å². The molecule has 0 radical (unpaired) electrons. The molecule has 0 aliphatic heterocycles. The summed E-state index contributed by atoms with van der Waals surface area (Å²) in [7, 11) is 1.26. The summed E-state index contributed by atoms with van der Waals surface area (Å²) in [5.74, 6) is -1.76. The Bertz CT molecular complexity index is 976. The van der Waals surface area contributed by atoms with E-state index in [0.29, 0.717) is 17.7 Å². The van der Waals surface area contributed by atoms with Gasteiger partial charge in [-0.15, -0.1) is 0 Å². The molecule has 0 saturated heterocycles. The van der Waals surface area contributed by atoms with Crippen molar-refractivity contribution in [1.82, 2.24) is 4.98 Å². The highest BCUT2D eigenvalue weighted by Gasteiger charge is 2.24. The number of rotatable bonds is 5. The molecule has 2 aromatic rings. The molecule has 0 aliphatic carbocycles. The van der Waals surface area contributed by atoms with Crippen molar-refractivity contribution in [1.29, 1.82) is 0 Å². The number of hydrogen-bond acceptors (Lipinski definition) is 5. The van der Waals surface area contributed by atoms with Crippen LogP contribution in [0, 0.1) is 12.7 Å². The first-order valence-electron chi connectivity index (χ1n) is 9.37. The maximum Gasteiger partial charge on any atom is 0.412 e. The van der Waals surface area contributed by atoms with Gasteiger partial charge in [0.2, 0.25) is 0 Å². The third kappa shape index (κ3) is 5.37. The molecule has 0 fully saturated rings. The van der Waals surface area contributed by atoms with Crippen molar-refractivity contribution < 1.29 is 28.2 Å². The molecule has 30 heavy (non-hydrogen) atoms. The number of esters is 1. The molecule has 1 aromatic carbocycles. The summed E-state index contributed by atoms with van der Waals surface area (Å²) in [6.45, 7) is 8.56. The van der Waals surface area contributed by atoms with Crippen molar-refractivity contribution in [2.45, 2.75) is 46.6 Å². The highest BCUT2D eigenvalue weighted by Crippen LogP contribution is 2.26. The van der Waals surface area contributed by atoms with E-state index in [1.54, 1.807) is 27.7 Å². The molecular formula is C21H26FN3O5. The SMILES string of the molecule is CCc1[nH]c(C(=O)Nc2cc(F)ccc2NC(=O)OC(C)(C)C)c(C)c1C(=O)OC. The number of halogens is 1. The molecule has 0 saturated carbocycles. The molecule has 9 heteroatoms. The minimum absolute atomic E-state index is 0.0394. The monoisotopic (exact) mass is 419 g/mol. The van der Waals surface area contributed by atoms with Crippen LogP contribution in [0.1, 0.15) is 59.8 Å². The Hall–Kier alpha value is -3.36. The molecule has 2 amide bonds. The Balaban J connectivity index is 2.33. The normalized spacial score (nSPS) is 11.0. The lowest BCUT2D eigenvalue weighted by Crippen LogP contribution is -2.27. The van der Waals surface area contributed by atoms with Gasteiger partial charge in [-0.3, -0.25) is 10.1 Å². The summed E-state index contributed by atoms with van der Waals surface area (Å²) in [5.41, 5.74) is 0.862. The fourth-order valence-electron chi connectivity index (χ4n) is 2.86. The summed E-state index contributed by atoms with van der Waals surface area (Å²) in [6.07, 6.45) is -0.272. The zero-order valence-electron chi connectivity index (χ0n) is 17.9. The lowest BCUT2D eigenvalue weighted by atomic mass is 10.1. The van der Waals surface area contributed by atoms with Crippen molar-refractivity contribution in [2.24, 2.45) is 0 Å². The van der Waals surface area contributed by atoms with Crippen LogP contribution in [0.3, 0.4) is 0 Å². The molecule has 3 N–H and O–H groups in total. The molecule has 0 atom stereocenters. The van der Waals surface area contributed by atoms with Gasteiger partial charge in [-0.2, -0.15) is 0 Å². The maximum atomic E-state index is 13.8. The van der Waals surface area contributed by atoms with Crippen LogP contribution in [0.25, 0.3) is 0 Å². The first kappa shape index (κ1) is 22.9. The van der Waals surface area contributed by atoms with Crippen LogP contribution >= 0.6 is 0 Å². The van der Waals surface area contributed by atoms with Crippen LogP contribution in [0.5, 0.6) is 0 Å². The van der Waals surface area contributed by atoms with E-state index in [9.17, 15) is 18.8 Å². The largest absolute Gasteiger partial charge is 0.465 e. The zero-order chi connectivity index (χ0) is 22.6. The number of ether oxygens (including phenoxy) is 2. The Kier molecular flexibility index (Phi) is 6.86. The van der Waals surface area contributed by atoms with Gasteiger partial charge < -0.3 is 19.8 Å². The zero-order valence-corrected chi connectivity index (χ0v) is 17.9. The Morgan fingerprint density at radius 3 is 2.37 bits per heavy atom. The second-order valence-corrected chi connectivity index (χ2v) is 7.59. The molecular weight excluding hydrogens is 393 g/mol. The van der Waals surface area contributed by atoms with E-state index in [4.69, 9.17) is 9.47 Å². The van der Waals surface area contributed by atoms with Crippen LogP contribution in [0.15, 0.2) is 18.2 Å². The number of hydrogen-bond donors (Lipinski definition) is 3. The van der Waals surface area contributed by atoms with Gasteiger partial charge >= 0.3 is 12.1 Å². The quantitative estimate of drug-likeness (QED) is 0.622. The number of aryl methyl sites for hydroxylation is 1. The van der Waals surface area contributed by atoms with Crippen LogP contribution in [0.4, 0.5) is 20.6 Å². The number of carbonyl (C=O) groups is 3. The summed E-state index contributed by atoms with van der Waals surface area (Å²) >= 11 is 0. The predicted octanol–water partition coefficient (Wildman–Crippen LogP) is 4.41. The Morgan fingerprint density at radius 2 is 1.80 bits per heavy atom. The number of carbonyl (C=O) groups excluding carboxylic acids is 3. The average Bonchev–Trinajstić information content (AvgIpc) is 2.98. The Labute approximate surface area is 174 Å². The first-order chi connectivity index (χ1) is 14.0. The highest BCUT2D eigenvalue weighted by atomic mass is 19.1. The van der Waals surface area contributed by atoms with E-state index < -0.39 is 29.4 Å². The smallest absolute Gasteiger partial charge is 0.412 e. The van der Waals surface area contributed by atoms with Crippen LogP contribution in [-0.2, 0) is 15.9 Å². The lowest BCUT2D eigenvalue weighted by Gasteiger charge is -2.20. The number of methoxy groups -OCH3 is 1. The molecule has 0 spiro atoms. The van der Waals surface area contributed by atoms with E-state index >= 15 is 0 Å². The molecule has 0 bridgehead atoms. The molecule has 0 unspecified atom stereocenters. The van der Waals surface area contributed by atoms with E-state index in [2.05, 4.69) is 15.6 Å². The third-order valence-corrected chi connectivity index (χ3v) is 4.16. The standard InChI is InChI=1S/C21H26FN3O5/c1-7-13-16(19(27)29-6)11(2)17(23-13)18(26)24-15-10-12(22)8-9-14(15)25-20(28)30-21(3,4)5/h8-10,23H,7H2,1-6H3,(H,24,26)(H,25,28). The van der Waals surface area contributed by atoms with E-state index in [0.717, 1.165) is 12.1 Å². The molecule has 1 heterocycles. The maximum absolute atomic E-state index is 13.8. The van der Waals surface area contributed by atoms with Gasteiger partial charge in [-0.25, -0.2) is 14.0 Å².